The Morgan fingerprint density at radius 3 is 2.83 bits per heavy atom. The second-order valence-corrected chi connectivity index (χ2v) is 6.27. The summed E-state index contributed by atoms with van der Waals surface area (Å²) in [6.07, 6.45) is 0. The molecule has 2 aromatic carbocycles. The molecule has 124 valence electrons. The van der Waals surface area contributed by atoms with Crippen LogP contribution >= 0.6 is 11.3 Å². The lowest BCUT2D eigenvalue weighted by Gasteiger charge is -2.19. The highest BCUT2D eigenvalue weighted by Gasteiger charge is 2.14. The number of carbonyl (C=O) groups excluding carboxylic acids is 1. The molecule has 3 aromatic rings. The summed E-state index contributed by atoms with van der Waals surface area (Å²) in [6.45, 7) is 2.99. The molecule has 1 aromatic heterocycles. The summed E-state index contributed by atoms with van der Waals surface area (Å²) in [5, 5.41) is 3.76. The molecule has 1 heterocycles. The van der Waals surface area contributed by atoms with E-state index in [0.717, 1.165) is 21.0 Å². The first kappa shape index (κ1) is 16.3. The first-order valence-electron chi connectivity index (χ1n) is 7.74. The Morgan fingerprint density at radius 2 is 2.08 bits per heavy atom. The number of methoxy groups -OCH3 is 1. The van der Waals surface area contributed by atoms with E-state index >= 15 is 0 Å². The fourth-order valence-corrected chi connectivity index (χ4v) is 3.41. The third-order valence-electron chi connectivity index (χ3n) is 3.62. The molecule has 1 amide bonds. The topological polar surface area (TPSA) is 54.5 Å². The first-order valence-corrected chi connectivity index (χ1v) is 8.55. The number of nitrogens with zero attached hydrogens (tertiary/aromatic N) is 2. The van der Waals surface area contributed by atoms with Gasteiger partial charge in [0.2, 0.25) is 5.91 Å². The van der Waals surface area contributed by atoms with Gasteiger partial charge in [-0.25, -0.2) is 4.98 Å². The minimum absolute atomic E-state index is 0.0793. The van der Waals surface area contributed by atoms with Gasteiger partial charge in [0.05, 0.1) is 23.9 Å². The average molecular weight is 341 g/mol. The van der Waals surface area contributed by atoms with Gasteiger partial charge in [-0.15, -0.1) is 0 Å². The van der Waals surface area contributed by atoms with Crippen LogP contribution in [0.5, 0.6) is 5.75 Å². The molecule has 0 bridgehead atoms. The molecule has 24 heavy (non-hydrogen) atoms. The Morgan fingerprint density at radius 1 is 1.25 bits per heavy atom. The van der Waals surface area contributed by atoms with Crippen molar-refractivity contribution in [2.75, 3.05) is 30.4 Å². The van der Waals surface area contributed by atoms with E-state index in [1.165, 1.54) is 0 Å². The van der Waals surface area contributed by atoms with Crippen molar-refractivity contribution < 1.29 is 9.53 Å². The minimum Gasteiger partial charge on any atom is -0.497 e. The highest BCUT2D eigenvalue weighted by Crippen LogP contribution is 2.28. The van der Waals surface area contributed by atoms with Crippen molar-refractivity contribution in [2.24, 2.45) is 0 Å². The summed E-state index contributed by atoms with van der Waals surface area (Å²) in [5.41, 5.74) is 1.68. The second kappa shape index (κ2) is 7.31. The van der Waals surface area contributed by atoms with Gasteiger partial charge in [-0.1, -0.05) is 29.5 Å². The van der Waals surface area contributed by atoms with E-state index in [2.05, 4.69) is 10.3 Å². The third-order valence-corrected chi connectivity index (χ3v) is 4.72. The molecular formula is C18H19N3O2S. The number of para-hydroxylation sites is 1. The Kier molecular flexibility index (Phi) is 4.96. The van der Waals surface area contributed by atoms with Gasteiger partial charge >= 0.3 is 0 Å². The van der Waals surface area contributed by atoms with Crippen LogP contribution in [0.25, 0.3) is 10.2 Å². The number of ether oxygens (including phenoxy) is 1. The summed E-state index contributed by atoms with van der Waals surface area (Å²) >= 11 is 1.60. The fraction of sp³-hybridized carbons (Fsp3) is 0.222. The Balaban J connectivity index is 1.71. The quantitative estimate of drug-likeness (QED) is 0.741. The Bertz CT molecular complexity index is 814. The summed E-state index contributed by atoms with van der Waals surface area (Å²) in [5.74, 6) is 0.635. The van der Waals surface area contributed by atoms with Crippen molar-refractivity contribution in [3.63, 3.8) is 0 Å². The van der Waals surface area contributed by atoms with Crippen molar-refractivity contribution in [2.45, 2.75) is 6.92 Å². The van der Waals surface area contributed by atoms with E-state index < -0.39 is 0 Å². The molecule has 0 unspecified atom stereocenters. The maximum absolute atomic E-state index is 12.4. The number of anilines is 2. The van der Waals surface area contributed by atoms with Gasteiger partial charge in [0.25, 0.3) is 0 Å². The molecule has 0 atom stereocenters. The number of aromatic nitrogens is 1. The zero-order valence-corrected chi connectivity index (χ0v) is 14.5. The Labute approximate surface area is 144 Å². The predicted molar refractivity (Wildman–Crippen MR) is 99.1 cm³/mol. The van der Waals surface area contributed by atoms with Crippen LogP contribution in [0.4, 0.5) is 10.8 Å². The van der Waals surface area contributed by atoms with Crippen molar-refractivity contribution in [1.82, 2.24) is 4.98 Å². The summed E-state index contributed by atoms with van der Waals surface area (Å²) in [7, 11) is 1.60. The van der Waals surface area contributed by atoms with Gasteiger partial charge in [0.1, 0.15) is 5.75 Å². The smallest absolute Gasteiger partial charge is 0.243 e. The molecular weight excluding hydrogens is 322 g/mol. The zero-order valence-electron chi connectivity index (χ0n) is 13.7. The van der Waals surface area contributed by atoms with Crippen LogP contribution in [-0.4, -0.2) is 31.1 Å². The lowest BCUT2D eigenvalue weighted by atomic mass is 10.3. The van der Waals surface area contributed by atoms with E-state index in [1.807, 2.05) is 54.3 Å². The van der Waals surface area contributed by atoms with Gasteiger partial charge in [0.15, 0.2) is 5.13 Å². The van der Waals surface area contributed by atoms with Gasteiger partial charge in [-0.3, -0.25) is 4.79 Å². The summed E-state index contributed by atoms with van der Waals surface area (Å²) in [6, 6.07) is 15.3. The van der Waals surface area contributed by atoms with Gasteiger partial charge in [0, 0.05) is 18.3 Å². The van der Waals surface area contributed by atoms with Crippen molar-refractivity contribution in [3.05, 3.63) is 48.5 Å². The molecule has 0 fully saturated rings. The van der Waals surface area contributed by atoms with E-state index in [4.69, 9.17) is 4.74 Å². The van der Waals surface area contributed by atoms with Crippen molar-refractivity contribution in [3.8, 4) is 5.75 Å². The van der Waals surface area contributed by atoms with Crippen LogP contribution < -0.4 is 15.0 Å². The zero-order chi connectivity index (χ0) is 16.9. The molecule has 6 heteroatoms. The second-order valence-electron chi connectivity index (χ2n) is 5.26. The summed E-state index contributed by atoms with van der Waals surface area (Å²) < 4.78 is 6.30. The lowest BCUT2D eigenvalue weighted by Crippen LogP contribution is -2.33. The van der Waals surface area contributed by atoms with E-state index in [1.54, 1.807) is 24.5 Å². The van der Waals surface area contributed by atoms with Crippen LogP contribution in [0, 0.1) is 0 Å². The SMILES string of the molecule is CCN(CC(=O)Nc1cccc(OC)c1)c1nc2ccccc2s1. The van der Waals surface area contributed by atoms with Crippen LogP contribution in [0.3, 0.4) is 0 Å². The molecule has 0 aliphatic carbocycles. The molecule has 0 spiro atoms. The van der Waals surface area contributed by atoms with E-state index in [0.29, 0.717) is 12.3 Å². The standard InChI is InChI=1S/C18H19N3O2S/c1-3-21(18-20-15-9-4-5-10-16(15)24-18)12-17(22)19-13-7-6-8-14(11-13)23-2/h4-11H,3,12H2,1-2H3,(H,19,22). The van der Waals surface area contributed by atoms with E-state index in [-0.39, 0.29) is 12.5 Å². The van der Waals surface area contributed by atoms with E-state index in [9.17, 15) is 4.79 Å². The molecule has 0 aliphatic heterocycles. The first-order chi connectivity index (χ1) is 11.7. The molecule has 0 aliphatic rings. The number of fused-ring (bicyclic) bond motifs is 1. The van der Waals surface area contributed by atoms with Crippen LogP contribution in [0.15, 0.2) is 48.5 Å². The van der Waals surface area contributed by atoms with Gasteiger partial charge in [-0.2, -0.15) is 0 Å². The predicted octanol–water partition coefficient (Wildman–Crippen LogP) is 3.77. The average Bonchev–Trinajstić information content (AvgIpc) is 3.03. The van der Waals surface area contributed by atoms with Crippen molar-refractivity contribution >= 4 is 38.3 Å². The molecule has 5 nitrogen and oxygen atoms in total. The lowest BCUT2D eigenvalue weighted by molar-refractivity contribution is -0.115. The fourth-order valence-electron chi connectivity index (χ4n) is 2.38. The third kappa shape index (κ3) is 3.65. The molecule has 3 rings (SSSR count). The van der Waals surface area contributed by atoms with Gasteiger partial charge in [-0.05, 0) is 31.2 Å². The monoisotopic (exact) mass is 341 g/mol. The van der Waals surface area contributed by atoms with Crippen molar-refractivity contribution in [1.29, 1.82) is 0 Å². The number of amides is 1. The molecule has 0 saturated carbocycles. The van der Waals surface area contributed by atoms with Crippen LogP contribution in [0.2, 0.25) is 0 Å². The minimum atomic E-state index is -0.0793. The maximum atomic E-state index is 12.4. The number of thiazole rings is 1. The largest absolute Gasteiger partial charge is 0.497 e. The number of carbonyl (C=O) groups is 1. The number of hydrogen-bond donors (Lipinski definition) is 1. The Hall–Kier alpha value is -2.60. The number of likely N-dealkylation sites (N-methyl/N-ethyl adjacent to an activating group) is 1. The molecule has 0 saturated heterocycles. The van der Waals surface area contributed by atoms with Crippen LogP contribution in [-0.2, 0) is 4.79 Å². The maximum Gasteiger partial charge on any atom is 0.243 e. The van der Waals surface area contributed by atoms with Crippen LogP contribution in [0.1, 0.15) is 6.92 Å². The highest BCUT2D eigenvalue weighted by atomic mass is 32.1. The number of nitrogens with one attached hydrogen (secondary N) is 1. The molecule has 1 N–H and O–H groups in total. The summed E-state index contributed by atoms with van der Waals surface area (Å²) in [4.78, 5) is 18.9. The molecule has 0 radical (unpaired) electrons. The number of benzene rings is 2. The number of rotatable bonds is 6. The van der Waals surface area contributed by atoms with Gasteiger partial charge < -0.3 is 15.0 Å². The normalized spacial score (nSPS) is 10.6. The highest BCUT2D eigenvalue weighted by molar-refractivity contribution is 7.22. The number of hydrogen-bond acceptors (Lipinski definition) is 5.